The molecule has 6 heteroatoms. The first kappa shape index (κ1) is 17.3. The van der Waals surface area contributed by atoms with Crippen LogP contribution in [0, 0.1) is 18.6 Å². The fourth-order valence-electron chi connectivity index (χ4n) is 2.44. The van der Waals surface area contributed by atoms with Crippen molar-refractivity contribution in [3.63, 3.8) is 0 Å². The normalized spacial score (nSPS) is 11.2. The fraction of sp³-hybridized carbons (Fsp3) is 0.412. The molecule has 1 aromatic carbocycles. The van der Waals surface area contributed by atoms with Gasteiger partial charge in [0, 0.05) is 17.9 Å². The molecule has 0 spiro atoms. The molecule has 0 aliphatic rings. The van der Waals surface area contributed by atoms with E-state index in [9.17, 15) is 8.78 Å². The Hall–Kier alpha value is -2.08. The van der Waals surface area contributed by atoms with E-state index < -0.39 is 11.6 Å². The van der Waals surface area contributed by atoms with Crippen molar-refractivity contribution in [2.75, 3.05) is 26.4 Å². The number of benzene rings is 1. The molecule has 0 atom stereocenters. The molecular formula is C17H22F2N4. The van der Waals surface area contributed by atoms with Crippen molar-refractivity contribution < 1.29 is 8.78 Å². The quantitative estimate of drug-likeness (QED) is 0.889. The third-order valence-electron chi connectivity index (χ3n) is 3.59. The molecule has 1 aromatic heterocycles. The maximum absolute atomic E-state index is 14.0. The number of aryl methyl sites for hydroxylation is 3. The van der Waals surface area contributed by atoms with Crippen molar-refractivity contribution in [3.8, 4) is 0 Å². The monoisotopic (exact) mass is 320 g/mol. The molecule has 2 rings (SSSR count). The van der Waals surface area contributed by atoms with Crippen LogP contribution in [0.1, 0.15) is 22.5 Å². The number of rotatable bonds is 6. The van der Waals surface area contributed by atoms with Gasteiger partial charge in [-0.3, -0.25) is 0 Å². The minimum Gasteiger partial charge on any atom is -0.368 e. The molecule has 1 heterocycles. The van der Waals surface area contributed by atoms with Gasteiger partial charge in [-0.1, -0.05) is 6.07 Å². The third-order valence-corrected chi connectivity index (χ3v) is 3.59. The first-order chi connectivity index (χ1) is 10.8. The summed E-state index contributed by atoms with van der Waals surface area (Å²) in [6.45, 7) is 2.61. The third kappa shape index (κ3) is 4.96. The second kappa shape index (κ2) is 7.46. The SMILES string of the molecule is Cc1cc(CCc2cc(CCN(C)C)cc(F)c2F)nc(N)n1. The van der Waals surface area contributed by atoms with Gasteiger partial charge in [-0.15, -0.1) is 0 Å². The zero-order valence-corrected chi connectivity index (χ0v) is 13.7. The summed E-state index contributed by atoms with van der Waals surface area (Å²) in [5.41, 5.74) is 8.27. The first-order valence-corrected chi connectivity index (χ1v) is 7.56. The number of anilines is 1. The van der Waals surface area contributed by atoms with E-state index in [0.29, 0.717) is 24.8 Å². The molecule has 0 saturated carbocycles. The van der Waals surface area contributed by atoms with Gasteiger partial charge in [-0.25, -0.2) is 18.7 Å². The van der Waals surface area contributed by atoms with E-state index in [1.165, 1.54) is 6.07 Å². The molecule has 2 N–H and O–H groups in total. The molecular weight excluding hydrogens is 298 g/mol. The topological polar surface area (TPSA) is 55.0 Å². The highest BCUT2D eigenvalue weighted by Crippen LogP contribution is 2.18. The van der Waals surface area contributed by atoms with E-state index in [4.69, 9.17) is 5.73 Å². The predicted octanol–water partition coefficient (Wildman–Crippen LogP) is 2.53. The predicted molar refractivity (Wildman–Crippen MR) is 87.2 cm³/mol. The molecule has 0 saturated heterocycles. The Morgan fingerprint density at radius 3 is 2.43 bits per heavy atom. The number of aromatic nitrogens is 2. The molecule has 0 aliphatic heterocycles. The average molecular weight is 320 g/mol. The largest absolute Gasteiger partial charge is 0.368 e. The molecule has 2 aromatic rings. The van der Waals surface area contributed by atoms with Crippen LogP contribution < -0.4 is 5.73 Å². The summed E-state index contributed by atoms with van der Waals surface area (Å²) < 4.78 is 27.8. The van der Waals surface area contributed by atoms with Crippen molar-refractivity contribution in [2.45, 2.75) is 26.2 Å². The van der Waals surface area contributed by atoms with E-state index >= 15 is 0 Å². The molecule has 4 nitrogen and oxygen atoms in total. The summed E-state index contributed by atoms with van der Waals surface area (Å²) >= 11 is 0. The van der Waals surface area contributed by atoms with Crippen molar-refractivity contribution in [1.29, 1.82) is 0 Å². The van der Waals surface area contributed by atoms with E-state index in [1.807, 2.05) is 25.9 Å². The maximum atomic E-state index is 14.0. The number of halogens is 2. The minimum absolute atomic E-state index is 0.200. The van der Waals surface area contributed by atoms with Gasteiger partial charge in [0.1, 0.15) is 0 Å². The van der Waals surface area contributed by atoms with Crippen LogP contribution in [0.5, 0.6) is 0 Å². The molecule has 23 heavy (non-hydrogen) atoms. The Morgan fingerprint density at radius 2 is 1.78 bits per heavy atom. The zero-order valence-electron chi connectivity index (χ0n) is 13.7. The summed E-state index contributed by atoms with van der Waals surface area (Å²) in [6.07, 6.45) is 1.53. The lowest BCUT2D eigenvalue weighted by Crippen LogP contribution is -2.15. The second-order valence-electron chi connectivity index (χ2n) is 5.96. The van der Waals surface area contributed by atoms with Crippen LogP contribution in [0.2, 0.25) is 0 Å². The van der Waals surface area contributed by atoms with Gasteiger partial charge in [0.2, 0.25) is 5.95 Å². The number of likely N-dealkylation sites (N-methyl/N-ethyl adjacent to an activating group) is 1. The maximum Gasteiger partial charge on any atom is 0.220 e. The van der Waals surface area contributed by atoms with Gasteiger partial charge < -0.3 is 10.6 Å². The Bertz CT molecular complexity index is 666. The van der Waals surface area contributed by atoms with Crippen molar-refractivity contribution in [1.82, 2.24) is 14.9 Å². The van der Waals surface area contributed by atoms with Crippen molar-refractivity contribution >= 4 is 5.95 Å². The zero-order chi connectivity index (χ0) is 17.0. The lowest BCUT2D eigenvalue weighted by atomic mass is 10.0. The standard InChI is InChI=1S/C17H22F2N4/c1-11-8-14(22-17(20)21-11)5-4-13-9-12(6-7-23(2)3)10-15(18)16(13)19/h8-10H,4-7H2,1-3H3,(H2,20,21,22). The van der Waals surface area contributed by atoms with E-state index in [2.05, 4.69) is 9.97 Å². The van der Waals surface area contributed by atoms with Crippen molar-refractivity contribution in [2.24, 2.45) is 0 Å². The molecule has 0 fully saturated rings. The Morgan fingerprint density at radius 1 is 1.04 bits per heavy atom. The van der Waals surface area contributed by atoms with Crippen LogP contribution in [0.3, 0.4) is 0 Å². The first-order valence-electron chi connectivity index (χ1n) is 7.56. The number of hydrogen-bond acceptors (Lipinski definition) is 4. The van der Waals surface area contributed by atoms with E-state index in [1.54, 1.807) is 12.1 Å². The van der Waals surface area contributed by atoms with Crippen molar-refractivity contribution in [3.05, 3.63) is 52.3 Å². The lowest BCUT2D eigenvalue weighted by molar-refractivity contribution is 0.412. The van der Waals surface area contributed by atoms with Gasteiger partial charge in [0.15, 0.2) is 11.6 Å². The number of hydrogen-bond donors (Lipinski definition) is 1. The van der Waals surface area contributed by atoms with Crippen LogP contribution in [0.4, 0.5) is 14.7 Å². The molecule has 0 bridgehead atoms. The molecule has 0 amide bonds. The van der Waals surface area contributed by atoms with Gasteiger partial charge >= 0.3 is 0 Å². The highest BCUT2D eigenvalue weighted by Gasteiger charge is 2.12. The van der Waals surface area contributed by atoms with Gasteiger partial charge in [-0.2, -0.15) is 0 Å². The van der Waals surface area contributed by atoms with Gasteiger partial charge in [0.25, 0.3) is 0 Å². The summed E-state index contributed by atoms with van der Waals surface area (Å²) in [5, 5.41) is 0. The van der Waals surface area contributed by atoms with Crippen LogP contribution in [-0.4, -0.2) is 35.5 Å². The number of nitrogens with two attached hydrogens (primary N) is 1. The van der Waals surface area contributed by atoms with Crippen LogP contribution in [0.25, 0.3) is 0 Å². The Balaban J connectivity index is 2.14. The number of nitrogens with zero attached hydrogens (tertiary/aromatic N) is 3. The van der Waals surface area contributed by atoms with Crippen LogP contribution >= 0.6 is 0 Å². The molecule has 0 unspecified atom stereocenters. The fourth-order valence-corrected chi connectivity index (χ4v) is 2.44. The Labute approximate surface area is 135 Å². The van der Waals surface area contributed by atoms with Gasteiger partial charge in [0.05, 0.1) is 0 Å². The van der Waals surface area contributed by atoms with Crippen LogP contribution in [-0.2, 0) is 19.3 Å². The second-order valence-corrected chi connectivity index (χ2v) is 5.96. The lowest BCUT2D eigenvalue weighted by Gasteiger charge is -2.12. The summed E-state index contributed by atoms with van der Waals surface area (Å²) in [7, 11) is 3.89. The molecule has 0 radical (unpaired) electrons. The minimum atomic E-state index is -0.797. The number of nitrogen functional groups attached to an aromatic ring is 1. The summed E-state index contributed by atoms with van der Waals surface area (Å²) in [5.74, 6) is -1.38. The Kier molecular flexibility index (Phi) is 5.60. The highest BCUT2D eigenvalue weighted by molar-refractivity contribution is 5.28. The van der Waals surface area contributed by atoms with Gasteiger partial charge in [-0.05, 0) is 63.5 Å². The molecule has 0 aliphatic carbocycles. The average Bonchev–Trinajstić information content (AvgIpc) is 2.46. The van der Waals surface area contributed by atoms with E-state index in [0.717, 1.165) is 23.5 Å². The van der Waals surface area contributed by atoms with E-state index in [-0.39, 0.29) is 5.95 Å². The smallest absolute Gasteiger partial charge is 0.220 e. The summed E-state index contributed by atoms with van der Waals surface area (Å²) in [4.78, 5) is 10.1. The highest BCUT2D eigenvalue weighted by atomic mass is 19.2. The molecule has 124 valence electrons. The van der Waals surface area contributed by atoms with Crippen LogP contribution in [0.15, 0.2) is 18.2 Å². The summed E-state index contributed by atoms with van der Waals surface area (Å²) in [6, 6.07) is 4.81.